The summed E-state index contributed by atoms with van der Waals surface area (Å²) in [6, 6.07) is 0. The Balaban J connectivity index is -0.000000141. The first-order chi connectivity index (χ1) is 6.81. The molecular formula is C14H36O4. The standard InChI is InChI=1S/C10H20O4.4CH4/c1-13-8-4-2-3-6-10(12)14-9-5-7-11;;;;/h11H,2-9H2,1H3;4*1H4. The van der Waals surface area contributed by atoms with Crippen LogP contribution in [0.3, 0.4) is 0 Å². The van der Waals surface area contributed by atoms with Crippen LogP contribution in [0.5, 0.6) is 0 Å². The maximum absolute atomic E-state index is 11.0. The number of carbonyl (C=O) groups excluding carboxylic acids is 1. The van der Waals surface area contributed by atoms with E-state index in [0.29, 0.717) is 19.4 Å². The van der Waals surface area contributed by atoms with Gasteiger partial charge < -0.3 is 14.6 Å². The first-order valence-corrected chi connectivity index (χ1v) is 5.06. The first-order valence-electron chi connectivity index (χ1n) is 5.06. The lowest BCUT2D eigenvalue weighted by molar-refractivity contribution is -0.144. The van der Waals surface area contributed by atoms with Gasteiger partial charge in [0.2, 0.25) is 0 Å². The Morgan fingerprint density at radius 2 is 1.56 bits per heavy atom. The first kappa shape index (κ1) is 30.4. The Labute approximate surface area is 115 Å². The van der Waals surface area contributed by atoms with Gasteiger partial charge in [-0.1, -0.05) is 36.1 Å². The van der Waals surface area contributed by atoms with E-state index >= 15 is 0 Å². The number of rotatable bonds is 9. The summed E-state index contributed by atoms with van der Waals surface area (Å²) in [6.45, 7) is 1.15. The highest BCUT2D eigenvalue weighted by atomic mass is 16.5. The van der Waals surface area contributed by atoms with Crippen LogP contribution in [-0.4, -0.2) is 38.0 Å². The Hall–Kier alpha value is -0.610. The summed E-state index contributed by atoms with van der Waals surface area (Å²) >= 11 is 0. The average molecular weight is 268 g/mol. The second-order valence-corrected chi connectivity index (χ2v) is 3.10. The Morgan fingerprint density at radius 1 is 0.944 bits per heavy atom. The van der Waals surface area contributed by atoms with Crippen LogP contribution < -0.4 is 0 Å². The molecule has 0 aromatic carbocycles. The molecule has 18 heavy (non-hydrogen) atoms. The fourth-order valence-electron chi connectivity index (χ4n) is 1.02. The van der Waals surface area contributed by atoms with Gasteiger partial charge in [-0.05, 0) is 12.8 Å². The van der Waals surface area contributed by atoms with Crippen molar-refractivity contribution in [3.63, 3.8) is 0 Å². The van der Waals surface area contributed by atoms with Crippen LogP contribution in [0, 0.1) is 0 Å². The molecule has 0 aliphatic heterocycles. The highest BCUT2D eigenvalue weighted by Crippen LogP contribution is 2.01. The summed E-state index contributed by atoms with van der Waals surface area (Å²) in [7, 11) is 1.67. The predicted molar refractivity (Wildman–Crippen MR) is 79.9 cm³/mol. The molecule has 0 atom stereocenters. The minimum absolute atomic E-state index is 0. The molecule has 116 valence electrons. The second kappa shape index (κ2) is 25.3. The molecule has 1 N–H and O–H groups in total. The number of aliphatic hydroxyl groups is 1. The van der Waals surface area contributed by atoms with Gasteiger partial charge in [-0.15, -0.1) is 0 Å². The maximum atomic E-state index is 11.0. The zero-order valence-corrected chi connectivity index (χ0v) is 8.83. The number of carbonyl (C=O) groups is 1. The summed E-state index contributed by atoms with van der Waals surface area (Å²) in [4.78, 5) is 11.0. The molecule has 0 unspecified atom stereocenters. The lowest BCUT2D eigenvalue weighted by atomic mass is 10.2. The fourth-order valence-corrected chi connectivity index (χ4v) is 1.02. The third kappa shape index (κ3) is 24.6. The van der Waals surface area contributed by atoms with Gasteiger partial charge in [0, 0.05) is 33.2 Å². The number of aliphatic hydroxyl groups excluding tert-OH is 1. The third-order valence-corrected chi connectivity index (χ3v) is 1.79. The minimum atomic E-state index is -0.170. The molecule has 0 spiro atoms. The molecular weight excluding hydrogens is 232 g/mol. The van der Waals surface area contributed by atoms with Gasteiger partial charge in [-0.3, -0.25) is 4.79 Å². The molecule has 0 bridgehead atoms. The number of esters is 1. The van der Waals surface area contributed by atoms with Crippen molar-refractivity contribution in [3.05, 3.63) is 0 Å². The van der Waals surface area contributed by atoms with Crippen molar-refractivity contribution in [2.45, 2.75) is 61.8 Å². The molecule has 0 radical (unpaired) electrons. The summed E-state index contributed by atoms with van der Waals surface area (Å²) in [5.41, 5.74) is 0. The Kier molecular flexibility index (Phi) is 42.8. The van der Waals surface area contributed by atoms with Crippen molar-refractivity contribution >= 4 is 5.97 Å². The molecule has 0 aliphatic carbocycles. The largest absolute Gasteiger partial charge is 0.466 e. The van der Waals surface area contributed by atoms with Crippen LogP contribution in [-0.2, 0) is 14.3 Å². The van der Waals surface area contributed by atoms with Crippen LogP contribution in [0.1, 0.15) is 61.8 Å². The zero-order chi connectivity index (χ0) is 10.6. The van der Waals surface area contributed by atoms with Crippen LogP contribution in [0.25, 0.3) is 0 Å². The van der Waals surface area contributed by atoms with Gasteiger partial charge in [0.15, 0.2) is 0 Å². The molecule has 0 heterocycles. The van der Waals surface area contributed by atoms with Crippen molar-refractivity contribution in [2.75, 3.05) is 26.9 Å². The van der Waals surface area contributed by atoms with Gasteiger partial charge in [0.25, 0.3) is 0 Å². The Bertz CT molecular complexity index is 138. The third-order valence-electron chi connectivity index (χ3n) is 1.79. The maximum Gasteiger partial charge on any atom is 0.305 e. The number of hydrogen-bond acceptors (Lipinski definition) is 4. The molecule has 0 aliphatic rings. The van der Waals surface area contributed by atoms with Gasteiger partial charge in [0.1, 0.15) is 0 Å². The number of methoxy groups -OCH3 is 1. The normalized spacial score (nSPS) is 7.89. The van der Waals surface area contributed by atoms with E-state index in [-0.39, 0.29) is 42.3 Å². The van der Waals surface area contributed by atoms with E-state index in [1.54, 1.807) is 7.11 Å². The van der Waals surface area contributed by atoms with Crippen molar-refractivity contribution in [3.8, 4) is 0 Å². The molecule has 4 heteroatoms. The lowest BCUT2D eigenvalue weighted by Gasteiger charge is -2.03. The quantitative estimate of drug-likeness (QED) is 0.512. The smallest absolute Gasteiger partial charge is 0.305 e. The van der Waals surface area contributed by atoms with E-state index in [2.05, 4.69) is 0 Å². The van der Waals surface area contributed by atoms with Crippen molar-refractivity contribution in [1.29, 1.82) is 0 Å². The average Bonchev–Trinajstić information content (AvgIpc) is 2.18. The van der Waals surface area contributed by atoms with E-state index < -0.39 is 0 Å². The second-order valence-electron chi connectivity index (χ2n) is 3.10. The molecule has 0 saturated carbocycles. The molecule has 0 saturated heterocycles. The van der Waals surface area contributed by atoms with E-state index in [0.717, 1.165) is 25.9 Å². The van der Waals surface area contributed by atoms with E-state index in [4.69, 9.17) is 14.6 Å². The predicted octanol–water partition coefficient (Wildman–Crippen LogP) is 3.66. The molecule has 0 aromatic heterocycles. The Morgan fingerprint density at radius 3 is 2.06 bits per heavy atom. The van der Waals surface area contributed by atoms with E-state index in [1.807, 2.05) is 0 Å². The number of hydrogen-bond donors (Lipinski definition) is 1. The monoisotopic (exact) mass is 268 g/mol. The van der Waals surface area contributed by atoms with Crippen LogP contribution in [0.4, 0.5) is 0 Å². The summed E-state index contributed by atoms with van der Waals surface area (Å²) in [6.07, 6.45) is 3.81. The van der Waals surface area contributed by atoms with Gasteiger partial charge in [-0.25, -0.2) is 0 Å². The van der Waals surface area contributed by atoms with Crippen LogP contribution in [0.2, 0.25) is 0 Å². The highest BCUT2D eigenvalue weighted by Gasteiger charge is 2.01. The molecule has 0 fully saturated rings. The minimum Gasteiger partial charge on any atom is -0.466 e. The summed E-state index contributed by atoms with van der Waals surface area (Å²) < 4.78 is 9.74. The van der Waals surface area contributed by atoms with Crippen LogP contribution in [0.15, 0.2) is 0 Å². The zero-order valence-electron chi connectivity index (χ0n) is 8.83. The fraction of sp³-hybridized carbons (Fsp3) is 0.929. The van der Waals surface area contributed by atoms with Gasteiger partial charge >= 0.3 is 5.97 Å². The number of unbranched alkanes of at least 4 members (excludes halogenated alkanes) is 2. The summed E-state index contributed by atoms with van der Waals surface area (Å²) in [5, 5.41) is 8.45. The van der Waals surface area contributed by atoms with Crippen LogP contribution >= 0.6 is 0 Å². The van der Waals surface area contributed by atoms with Gasteiger partial charge in [-0.2, -0.15) is 0 Å². The molecule has 0 aromatic rings. The van der Waals surface area contributed by atoms with E-state index in [1.165, 1.54) is 0 Å². The lowest BCUT2D eigenvalue weighted by Crippen LogP contribution is -2.06. The number of ether oxygens (including phenoxy) is 2. The van der Waals surface area contributed by atoms with Gasteiger partial charge in [0.05, 0.1) is 6.61 Å². The van der Waals surface area contributed by atoms with Crippen molar-refractivity contribution in [1.82, 2.24) is 0 Å². The van der Waals surface area contributed by atoms with Crippen molar-refractivity contribution < 1.29 is 19.4 Å². The van der Waals surface area contributed by atoms with E-state index in [9.17, 15) is 4.79 Å². The SMILES string of the molecule is C.C.C.C.COCCCCCC(=O)OCCCO. The molecule has 0 amide bonds. The summed E-state index contributed by atoms with van der Waals surface area (Å²) in [5.74, 6) is -0.170. The van der Waals surface area contributed by atoms with Crippen molar-refractivity contribution in [2.24, 2.45) is 0 Å². The topological polar surface area (TPSA) is 55.8 Å². The molecule has 4 nitrogen and oxygen atoms in total. The molecule has 0 rings (SSSR count). The highest BCUT2D eigenvalue weighted by molar-refractivity contribution is 5.69.